The van der Waals surface area contributed by atoms with Gasteiger partial charge in [0.25, 0.3) is 0 Å². The van der Waals surface area contributed by atoms with Gasteiger partial charge in [0, 0.05) is 10.8 Å². The SMILES string of the molecule is CCC(C)(C)C(=O)OC(C)(C)C.CCC(C)(C)C(=O)OC(C)(C)C12CC3CC(CC1C3)C2.CCC(C)(C)C(=O)OC(C)(C)C1CCCCC1.CCC(C)(C)OC(=O)C(C)(C)CC.CCCCC(C)(OC(=O)C(C)(C)CC)C12CC3CC(CC(C3)C1)C2. The average Bonchev–Trinajstić information content (AvgIpc) is 1.75. The Morgan fingerprint density at radius 2 is 0.721 bits per heavy atom. The van der Waals surface area contributed by atoms with Gasteiger partial charge in [-0.05, 0) is 315 Å². The summed E-state index contributed by atoms with van der Waals surface area (Å²) in [4.78, 5) is 60.7. The highest BCUT2D eigenvalue weighted by Gasteiger charge is 2.65. The van der Waals surface area contributed by atoms with E-state index in [2.05, 4.69) is 55.4 Å². The summed E-state index contributed by atoms with van der Waals surface area (Å²) >= 11 is 0. The summed E-state index contributed by atoms with van der Waals surface area (Å²) < 4.78 is 29.0. The molecule has 0 heterocycles. The maximum atomic E-state index is 12.9. The predicted molar refractivity (Wildman–Crippen MR) is 354 cm³/mol. The fraction of sp³-hybridized carbons (Fsp3) is 0.934. The van der Waals surface area contributed by atoms with Crippen molar-refractivity contribution in [1.82, 2.24) is 0 Å². The van der Waals surface area contributed by atoms with Gasteiger partial charge in [-0.1, -0.05) is 74.1 Å². The quantitative estimate of drug-likeness (QED) is 0.0808. The fourth-order valence-electron chi connectivity index (χ4n) is 15.1. The van der Waals surface area contributed by atoms with E-state index in [9.17, 15) is 24.0 Å². The van der Waals surface area contributed by atoms with Gasteiger partial charge in [0.1, 0.15) is 28.0 Å². The second-order valence-corrected chi connectivity index (χ2v) is 35.0. The lowest BCUT2D eigenvalue weighted by molar-refractivity contribution is -0.213. The molecule has 86 heavy (non-hydrogen) atoms. The predicted octanol–water partition coefficient (Wildman–Crippen LogP) is 20.9. The molecule has 502 valence electrons. The van der Waals surface area contributed by atoms with Crippen molar-refractivity contribution in [1.29, 1.82) is 0 Å². The van der Waals surface area contributed by atoms with Gasteiger partial charge >= 0.3 is 29.8 Å². The molecular weight excluding hydrogens is 1070 g/mol. The second kappa shape index (κ2) is 29.7. The molecule has 9 rings (SSSR count). The molecule has 9 saturated carbocycles. The van der Waals surface area contributed by atoms with E-state index in [0.717, 1.165) is 86.9 Å². The first-order chi connectivity index (χ1) is 39.2. The van der Waals surface area contributed by atoms with Crippen LogP contribution >= 0.6 is 0 Å². The number of esters is 5. The Hall–Kier alpha value is -2.65. The molecule has 9 aliphatic carbocycles. The molecule has 3 unspecified atom stereocenters. The zero-order valence-corrected chi connectivity index (χ0v) is 61.3. The van der Waals surface area contributed by atoms with Gasteiger partial charge in [-0.25, -0.2) is 0 Å². The molecule has 0 spiro atoms. The van der Waals surface area contributed by atoms with Crippen LogP contribution in [-0.2, 0) is 47.7 Å². The first-order valence-corrected chi connectivity index (χ1v) is 35.3. The molecule has 9 fully saturated rings. The van der Waals surface area contributed by atoms with Crippen LogP contribution in [0.1, 0.15) is 347 Å². The Labute approximate surface area is 529 Å². The lowest BCUT2D eigenvalue weighted by Crippen LogP contribution is -2.59. The topological polar surface area (TPSA) is 132 Å². The molecule has 8 bridgehead atoms. The molecule has 0 amide bonds. The van der Waals surface area contributed by atoms with Crippen LogP contribution in [0.3, 0.4) is 0 Å². The van der Waals surface area contributed by atoms with Gasteiger partial charge in [0.05, 0.1) is 27.1 Å². The Morgan fingerprint density at radius 3 is 1.07 bits per heavy atom. The summed E-state index contributed by atoms with van der Waals surface area (Å²) in [6.07, 6.45) is 29.7. The van der Waals surface area contributed by atoms with Gasteiger partial charge in [-0.3, -0.25) is 24.0 Å². The van der Waals surface area contributed by atoms with Gasteiger partial charge in [-0.2, -0.15) is 0 Å². The highest BCUT2D eigenvalue weighted by molar-refractivity contribution is 5.78. The first kappa shape index (κ1) is 77.6. The third kappa shape index (κ3) is 19.9. The third-order valence-corrected chi connectivity index (χ3v) is 23.8. The summed E-state index contributed by atoms with van der Waals surface area (Å²) in [6, 6.07) is 0. The molecule has 0 aromatic carbocycles. The highest BCUT2D eigenvalue weighted by Crippen LogP contribution is 2.70. The molecule has 0 aromatic heterocycles. The third-order valence-electron chi connectivity index (χ3n) is 23.8. The summed E-state index contributed by atoms with van der Waals surface area (Å²) in [6.45, 7) is 54.4. The van der Waals surface area contributed by atoms with E-state index < -0.39 is 0 Å². The average molecular weight is 1210 g/mol. The summed E-state index contributed by atoms with van der Waals surface area (Å²) in [5.74, 6) is 5.61. The molecule has 0 saturated heterocycles. The van der Waals surface area contributed by atoms with E-state index in [1.807, 2.05) is 132 Å². The van der Waals surface area contributed by atoms with Crippen molar-refractivity contribution in [2.75, 3.05) is 0 Å². The van der Waals surface area contributed by atoms with Crippen molar-refractivity contribution in [2.24, 2.45) is 79.3 Å². The van der Waals surface area contributed by atoms with Crippen LogP contribution in [0.25, 0.3) is 0 Å². The molecule has 10 nitrogen and oxygen atoms in total. The lowest BCUT2D eigenvalue weighted by Gasteiger charge is -2.62. The zero-order chi connectivity index (χ0) is 66.1. The van der Waals surface area contributed by atoms with Gasteiger partial charge in [-0.15, -0.1) is 0 Å². The molecule has 0 aromatic rings. The van der Waals surface area contributed by atoms with Crippen LogP contribution in [0.5, 0.6) is 0 Å². The standard InChI is InChI=1S/C22H38O2.C18H30O2.C15H28O2.C11H22O2.C10H20O2/c1-6-8-9-21(5,24-19(23)20(3,4)7-2)22-13-16-10-17(14-22)12-18(11-16)15-22;1-6-16(2,3)15(19)20-17(4,5)18-10-12-7-13(11-18)9-14(18)8-12;1-6-14(2,3)13(16)17-15(4,5)12-10-8-7-9-11-12;1-7-10(3,4)9(12)13-11(5,6)8-2;1-7-10(5,6)8(11)12-9(2,3)4/h16-18H,6-15H2,1-5H3;12-14H,6-11H2,1-5H3;12H,6-11H2,1-5H3;7-8H2,1-6H3;7H2,1-6H3. The monoisotopic (exact) mass is 1210 g/mol. The second-order valence-electron chi connectivity index (χ2n) is 35.0. The van der Waals surface area contributed by atoms with Crippen LogP contribution in [0.15, 0.2) is 0 Å². The molecule has 10 heteroatoms. The number of carbonyl (C=O) groups excluding carboxylic acids is 5. The normalized spacial score (nSPS) is 27.1. The number of ether oxygens (including phenoxy) is 5. The van der Waals surface area contributed by atoms with Crippen molar-refractivity contribution < 1.29 is 47.7 Å². The Kier molecular flexibility index (Phi) is 26.8. The largest absolute Gasteiger partial charge is 0.460 e. The summed E-state index contributed by atoms with van der Waals surface area (Å²) in [5, 5.41) is 0. The number of hydrogen-bond donors (Lipinski definition) is 0. The minimum Gasteiger partial charge on any atom is -0.460 e. The Bertz CT molecular complexity index is 2140. The van der Waals surface area contributed by atoms with Crippen LogP contribution < -0.4 is 0 Å². The van der Waals surface area contributed by atoms with Crippen LogP contribution in [0.2, 0.25) is 0 Å². The van der Waals surface area contributed by atoms with E-state index in [0.29, 0.717) is 5.92 Å². The lowest BCUT2D eigenvalue weighted by atomic mass is 9.45. The van der Waals surface area contributed by atoms with Crippen LogP contribution in [0.4, 0.5) is 0 Å². The van der Waals surface area contributed by atoms with Crippen molar-refractivity contribution in [3.8, 4) is 0 Å². The summed E-state index contributed by atoms with van der Waals surface area (Å²) in [7, 11) is 0. The van der Waals surface area contributed by atoms with Crippen molar-refractivity contribution in [3.63, 3.8) is 0 Å². The van der Waals surface area contributed by atoms with Gasteiger partial charge < -0.3 is 23.7 Å². The number of unbranched alkanes of at least 4 members (excludes halogenated alkanes) is 1. The minimum atomic E-state index is -0.372. The van der Waals surface area contributed by atoms with Gasteiger partial charge in [0.15, 0.2) is 0 Å². The van der Waals surface area contributed by atoms with Crippen molar-refractivity contribution in [2.45, 2.75) is 375 Å². The summed E-state index contributed by atoms with van der Waals surface area (Å²) in [5.41, 5.74) is -2.81. The molecule has 0 N–H and O–H groups in total. The molecular formula is C76H138O10. The smallest absolute Gasteiger partial charge is 0.312 e. The molecule has 9 aliphatic rings. The van der Waals surface area contributed by atoms with Crippen molar-refractivity contribution >= 4 is 29.8 Å². The fourth-order valence-corrected chi connectivity index (χ4v) is 15.1. The number of carbonyl (C=O) groups is 5. The van der Waals surface area contributed by atoms with E-state index in [-0.39, 0.29) is 95.8 Å². The van der Waals surface area contributed by atoms with Crippen molar-refractivity contribution in [3.05, 3.63) is 0 Å². The zero-order valence-electron chi connectivity index (χ0n) is 61.3. The maximum Gasteiger partial charge on any atom is 0.312 e. The minimum absolute atomic E-state index is 0.00871. The van der Waals surface area contributed by atoms with E-state index in [1.54, 1.807) is 0 Å². The highest BCUT2D eigenvalue weighted by atomic mass is 16.6. The first-order valence-electron chi connectivity index (χ1n) is 35.3. The van der Waals surface area contributed by atoms with E-state index in [4.69, 9.17) is 23.7 Å². The van der Waals surface area contributed by atoms with Crippen LogP contribution in [0, 0.1) is 79.3 Å². The van der Waals surface area contributed by atoms with Gasteiger partial charge in [0.2, 0.25) is 0 Å². The Morgan fingerprint density at radius 1 is 0.384 bits per heavy atom. The molecule has 3 atom stereocenters. The Balaban J connectivity index is 0.000000289. The van der Waals surface area contributed by atoms with E-state index in [1.165, 1.54) is 109 Å². The molecule has 0 radical (unpaired) electrons. The number of rotatable bonds is 21. The van der Waals surface area contributed by atoms with E-state index >= 15 is 0 Å². The van der Waals surface area contributed by atoms with Crippen LogP contribution in [-0.4, -0.2) is 57.9 Å². The number of hydrogen-bond acceptors (Lipinski definition) is 10. The maximum absolute atomic E-state index is 12.9. The molecule has 0 aliphatic heterocycles.